The van der Waals surface area contributed by atoms with E-state index in [-0.39, 0.29) is 6.54 Å². The molecule has 0 unspecified atom stereocenters. The Labute approximate surface area is 91.6 Å². The lowest BCUT2D eigenvalue weighted by Crippen LogP contribution is -2.35. The smallest absolute Gasteiger partial charge is 0.345 e. The summed E-state index contributed by atoms with van der Waals surface area (Å²) in [5.41, 5.74) is 0. The molecule has 0 aliphatic rings. The molecule has 15 heavy (non-hydrogen) atoms. The van der Waals surface area contributed by atoms with Gasteiger partial charge in [-0.3, -0.25) is 9.48 Å². The number of halogens is 4. The molecule has 0 spiro atoms. The van der Waals surface area contributed by atoms with Gasteiger partial charge in [0.05, 0.1) is 10.7 Å². The Morgan fingerprint density at radius 3 is 2.73 bits per heavy atom. The van der Waals surface area contributed by atoms with Crippen LogP contribution in [0.4, 0.5) is 13.2 Å². The maximum Gasteiger partial charge on any atom is 0.405 e. The number of nitrogens with one attached hydrogen (secondary N) is 1. The van der Waals surface area contributed by atoms with Crippen LogP contribution in [0.15, 0.2) is 16.9 Å². The summed E-state index contributed by atoms with van der Waals surface area (Å²) in [6.45, 7) is -1.56. The van der Waals surface area contributed by atoms with Gasteiger partial charge in [-0.25, -0.2) is 0 Å². The Morgan fingerprint density at radius 2 is 2.27 bits per heavy atom. The van der Waals surface area contributed by atoms with E-state index in [1.165, 1.54) is 17.1 Å². The summed E-state index contributed by atoms with van der Waals surface area (Å²) in [6, 6.07) is 0. The number of carbonyl (C=O) groups excluding carboxylic acids is 1. The van der Waals surface area contributed by atoms with E-state index >= 15 is 0 Å². The molecular formula is C7H7BrF3N3O. The predicted octanol–water partition coefficient (Wildman–Crippen LogP) is 1.32. The maximum atomic E-state index is 11.7. The highest BCUT2D eigenvalue weighted by Gasteiger charge is 2.27. The molecule has 0 aliphatic carbocycles. The molecule has 0 saturated carbocycles. The molecule has 0 fully saturated rings. The molecular weight excluding hydrogens is 279 g/mol. The number of hydrogen-bond acceptors (Lipinski definition) is 2. The molecule has 0 atom stereocenters. The minimum absolute atomic E-state index is 0.234. The van der Waals surface area contributed by atoms with E-state index in [4.69, 9.17) is 0 Å². The molecule has 1 aromatic rings. The Kier molecular flexibility index (Phi) is 3.72. The van der Waals surface area contributed by atoms with Gasteiger partial charge in [-0.2, -0.15) is 18.3 Å². The van der Waals surface area contributed by atoms with E-state index in [9.17, 15) is 18.0 Å². The molecule has 8 heteroatoms. The average Bonchev–Trinajstić information content (AvgIpc) is 2.47. The fourth-order valence-corrected chi connectivity index (χ4v) is 1.15. The van der Waals surface area contributed by atoms with Crippen molar-refractivity contribution in [1.82, 2.24) is 15.1 Å². The van der Waals surface area contributed by atoms with E-state index in [1.807, 2.05) is 0 Å². The van der Waals surface area contributed by atoms with Crippen LogP contribution in [-0.4, -0.2) is 28.4 Å². The highest BCUT2D eigenvalue weighted by molar-refractivity contribution is 9.10. The normalized spacial score (nSPS) is 11.5. The molecule has 1 aromatic heterocycles. The third-order valence-corrected chi connectivity index (χ3v) is 1.80. The molecule has 0 aromatic carbocycles. The van der Waals surface area contributed by atoms with Gasteiger partial charge in [-0.1, -0.05) is 0 Å². The van der Waals surface area contributed by atoms with Gasteiger partial charge in [-0.15, -0.1) is 0 Å². The van der Waals surface area contributed by atoms with Crippen molar-refractivity contribution in [3.05, 3.63) is 16.9 Å². The number of amides is 1. The van der Waals surface area contributed by atoms with Crippen LogP contribution in [0, 0.1) is 0 Å². The summed E-state index contributed by atoms with van der Waals surface area (Å²) in [5, 5.41) is 5.47. The second-order valence-corrected chi connectivity index (χ2v) is 3.66. The van der Waals surface area contributed by atoms with Crippen LogP contribution in [0.25, 0.3) is 0 Å². The quantitative estimate of drug-likeness (QED) is 0.911. The Morgan fingerprint density at radius 1 is 1.60 bits per heavy atom. The number of carbonyl (C=O) groups is 1. The maximum absolute atomic E-state index is 11.7. The van der Waals surface area contributed by atoms with Crippen molar-refractivity contribution in [3.63, 3.8) is 0 Å². The number of nitrogens with zero attached hydrogens (tertiary/aromatic N) is 2. The third-order valence-electron chi connectivity index (χ3n) is 1.39. The third kappa shape index (κ3) is 4.82. The lowest BCUT2D eigenvalue weighted by Gasteiger charge is -2.07. The first-order valence-electron chi connectivity index (χ1n) is 3.88. The van der Waals surface area contributed by atoms with Crippen molar-refractivity contribution in [3.8, 4) is 0 Å². The monoisotopic (exact) mass is 285 g/mol. The first-order chi connectivity index (χ1) is 6.87. The van der Waals surface area contributed by atoms with Crippen LogP contribution in [0.5, 0.6) is 0 Å². The van der Waals surface area contributed by atoms with E-state index < -0.39 is 18.6 Å². The van der Waals surface area contributed by atoms with Crippen molar-refractivity contribution >= 4 is 21.8 Å². The number of rotatable bonds is 3. The van der Waals surface area contributed by atoms with Crippen LogP contribution in [0.1, 0.15) is 0 Å². The standard InChI is InChI=1S/C7H7BrF3N3O/c8-5-1-13-14(2-5)3-6(15)12-4-7(9,10)11/h1-2H,3-4H2,(H,12,15). The van der Waals surface area contributed by atoms with E-state index in [0.717, 1.165) is 0 Å². The van der Waals surface area contributed by atoms with Gasteiger partial charge in [-0.05, 0) is 15.9 Å². The molecule has 0 bridgehead atoms. The molecule has 1 amide bonds. The van der Waals surface area contributed by atoms with E-state index in [2.05, 4.69) is 21.0 Å². The Bertz CT molecular complexity index is 349. The van der Waals surface area contributed by atoms with E-state index in [1.54, 1.807) is 5.32 Å². The second kappa shape index (κ2) is 4.65. The summed E-state index contributed by atoms with van der Waals surface area (Å²) >= 11 is 3.10. The Balaban J connectivity index is 2.37. The zero-order valence-electron chi connectivity index (χ0n) is 7.38. The van der Waals surface area contributed by atoms with Gasteiger partial charge < -0.3 is 5.32 Å². The second-order valence-electron chi connectivity index (χ2n) is 2.75. The first kappa shape index (κ1) is 12.0. The first-order valence-corrected chi connectivity index (χ1v) is 4.67. The number of hydrogen-bond donors (Lipinski definition) is 1. The summed E-state index contributed by atoms with van der Waals surface area (Å²) in [7, 11) is 0. The molecule has 0 aliphatic heterocycles. The number of aromatic nitrogens is 2. The van der Waals surface area contributed by atoms with Crippen LogP contribution in [-0.2, 0) is 11.3 Å². The summed E-state index contributed by atoms with van der Waals surface area (Å²) < 4.78 is 37.0. The predicted molar refractivity (Wildman–Crippen MR) is 49.0 cm³/mol. The van der Waals surface area contributed by atoms with Gasteiger partial charge in [0.2, 0.25) is 5.91 Å². The van der Waals surface area contributed by atoms with Crippen molar-refractivity contribution in [1.29, 1.82) is 0 Å². The van der Waals surface area contributed by atoms with E-state index in [0.29, 0.717) is 4.47 Å². The van der Waals surface area contributed by atoms with Crippen LogP contribution in [0.2, 0.25) is 0 Å². The zero-order valence-corrected chi connectivity index (χ0v) is 8.97. The van der Waals surface area contributed by atoms with Crippen LogP contribution < -0.4 is 5.32 Å². The van der Waals surface area contributed by atoms with Gasteiger partial charge in [0, 0.05) is 6.20 Å². The molecule has 0 radical (unpaired) electrons. The zero-order chi connectivity index (χ0) is 11.5. The molecule has 4 nitrogen and oxygen atoms in total. The SMILES string of the molecule is O=C(Cn1cc(Br)cn1)NCC(F)(F)F. The van der Waals surface area contributed by atoms with Crippen molar-refractivity contribution < 1.29 is 18.0 Å². The fraction of sp³-hybridized carbons (Fsp3) is 0.429. The van der Waals surface area contributed by atoms with Gasteiger partial charge in [0.25, 0.3) is 0 Å². The number of alkyl halides is 3. The summed E-state index contributed by atoms with van der Waals surface area (Å²) in [6.07, 6.45) is -1.45. The molecule has 0 saturated heterocycles. The minimum Gasteiger partial charge on any atom is -0.345 e. The average molecular weight is 286 g/mol. The molecule has 1 N–H and O–H groups in total. The van der Waals surface area contributed by atoms with Crippen LogP contribution >= 0.6 is 15.9 Å². The Hall–Kier alpha value is -1.05. The van der Waals surface area contributed by atoms with Gasteiger partial charge in [0.15, 0.2) is 0 Å². The highest BCUT2D eigenvalue weighted by atomic mass is 79.9. The molecule has 1 rings (SSSR count). The van der Waals surface area contributed by atoms with Crippen LogP contribution in [0.3, 0.4) is 0 Å². The van der Waals surface area contributed by atoms with Gasteiger partial charge in [0.1, 0.15) is 13.1 Å². The van der Waals surface area contributed by atoms with Crippen molar-refractivity contribution in [2.45, 2.75) is 12.7 Å². The molecule has 84 valence electrons. The highest BCUT2D eigenvalue weighted by Crippen LogP contribution is 2.12. The van der Waals surface area contributed by atoms with Crippen molar-refractivity contribution in [2.75, 3.05) is 6.54 Å². The lowest BCUT2D eigenvalue weighted by atomic mass is 10.5. The summed E-state index contributed by atoms with van der Waals surface area (Å²) in [5.74, 6) is -0.733. The topological polar surface area (TPSA) is 46.9 Å². The largest absolute Gasteiger partial charge is 0.405 e. The lowest BCUT2D eigenvalue weighted by molar-refractivity contribution is -0.138. The fourth-order valence-electron chi connectivity index (χ4n) is 0.827. The minimum atomic E-state index is -4.39. The van der Waals surface area contributed by atoms with Crippen molar-refractivity contribution in [2.24, 2.45) is 0 Å². The molecule has 1 heterocycles. The van der Waals surface area contributed by atoms with Gasteiger partial charge >= 0.3 is 6.18 Å². The summed E-state index contributed by atoms with van der Waals surface area (Å²) in [4.78, 5) is 11.0.